The molecule has 2 aromatic rings. The van der Waals surface area contributed by atoms with E-state index in [1.54, 1.807) is 0 Å². The van der Waals surface area contributed by atoms with E-state index in [0.29, 0.717) is 11.5 Å². The summed E-state index contributed by atoms with van der Waals surface area (Å²) in [5, 5.41) is 12.8. The number of morpholine rings is 1. The number of nitrogens with zero attached hydrogens (tertiary/aromatic N) is 1. The molecule has 5 nitrogen and oxygen atoms in total. The van der Waals surface area contributed by atoms with Crippen LogP contribution in [0.4, 0.5) is 0 Å². The average Bonchev–Trinajstić information content (AvgIpc) is 3.00. The van der Waals surface area contributed by atoms with Crippen LogP contribution in [0.1, 0.15) is 34.7 Å². The van der Waals surface area contributed by atoms with Gasteiger partial charge in [-0.3, -0.25) is 9.69 Å². The Hall–Kier alpha value is -1.47. The van der Waals surface area contributed by atoms with Crippen molar-refractivity contribution >= 4 is 27.3 Å². The number of fused-ring (bicyclic) bond motifs is 1. The molecule has 1 fully saturated rings. The molecule has 0 saturated carbocycles. The molecule has 1 saturated heterocycles. The van der Waals surface area contributed by atoms with Crippen LogP contribution in [0.3, 0.4) is 0 Å². The highest BCUT2D eigenvalue weighted by Crippen LogP contribution is 2.38. The van der Waals surface area contributed by atoms with Crippen LogP contribution in [-0.4, -0.2) is 55.3 Å². The molecule has 1 unspecified atom stereocenters. The molecule has 1 aromatic heterocycles. The van der Waals surface area contributed by atoms with Crippen molar-refractivity contribution < 1.29 is 14.6 Å². The van der Waals surface area contributed by atoms with E-state index in [-0.39, 0.29) is 25.2 Å². The summed E-state index contributed by atoms with van der Waals surface area (Å²) in [4.78, 5) is 15.7. The van der Waals surface area contributed by atoms with Crippen LogP contribution in [-0.2, 0) is 4.74 Å². The third-order valence-corrected chi connectivity index (χ3v) is 5.44. The maximum absolute atomic E-state index is 12.6. The fourth-order valence-electron chi connectivity index (χ4n) is 3.20. The third-order valence-electron chi connectivity index (χ3n) is 4.25. The van der Waals surface area contributed by atoms with Gasteiger partial charge >= 0.3 is 0 Å². The van der Waals surface area contributed by atoms with E-state index in [9.17, 15) is 4.79 Å². The number of rotatable bonds is 6. The Morgan fingerprint density at radius 2 is 2.29 bits per heavy atom. The van der Waals surface area contributed by atoms with Crippen molar-refractivity contribution in [2.24, 2.45) is 0 Å². The molecular weight excluding hydrogens is 324 g/mol. The number of ether oxygens (including phenoxy) is 1. The van der Waals surface area contributed by atoms with Gasteiger partial charge in [0.15, 0.2) is 0 Å². The van der Waals surface area contributed by atoms with Gasteiger partial charge in [0.2, 0.25) is 0 Å². The molecular formula is C18H24N2O3S. The van der Waals surface area contributed by atoms with Gasteiger partial charge in [-0.15, -0.1) is 11.3 Å². The number of hydrogen-bond acceptors (Lipinski definition) is 5. The summed E-state index contributed by atoms with van der Waals surface area (Å²) in [7, 11) is 0. The zero-order chi connectivity index (χ0) is 16.9. The largest absolute Gasteiger partial charge is 0.395 e. The minimum atomic E-state index is -0.128. The van der Waals surface area contributed by atoms with Gasteiger partial charge in [0.25, 0.3) is 5.91 Å². The number of aliphatic hydroxyl groups is 1. The molecule has 0 aliphatic carbocycles. The highest BCUT2D eigenvalue weighted by atomic mass is 32.1. The molecule has 1 amide bonds. The summed E-state index contributed by atoms with van der Waals surface area (Å²) in [5.74, 6) is -0.128. The number of carbonyl (C=O) groups is 1. The summed E-state index contributed by atoms with van der Waals surface area (Å²) >= 11 is 1.50. The first kappa shape index (κ1) is 17.4. The zero-order valence-corrected chi connectivity index (χ0v) is 14.8. The molecule has 2 N–H and O–H groups in total. The van der Waals surface area contributed by atoms with E-state index in [0.717, 1.165) is 41.7 Å². The Morgan fingerprint density at radius 1 is 1.46 bits per heavy atom. The van der Waals surface area contributed by atoms with Crippen molar-refractivity contribution in [1.29, 1.82) is 0 Å². The molecule has 3 rings (SSSR count). The van der Waals surface area contributed by atoms with Crippen molar-refractivity contribution in [2.45, 2.75) is 19.4 Å². The molecule has 2 heterocycles. The normalized spacial score (nSPS) is 18.8. The van der Waals surface area contributed by atoms with Crippen LogP contribution in [0.25, 0.3) is 10.1 Å². The zero-order valence-electron chi connectivity index (χ0n) is 14.0. The van der Waals surface area contributed by atoms with E-state index in [4.69, 9.17) is 9.84 Å². The smallest absolute Gasteiger partial charge is 0.261 e. The number of carbonyl (C=O) groups excluding carboxylic acids is 1. The first-order valence-corrected chi connectivity index (χ1v) is 9.30. The van der Waals surface area contributed by atoms with E-state index in [1.165, 1.54) is 11.3 Å². The monoisotopic (exact) mass is 348 g/mol. The van der Waals surface area contributed by atoms with Gasteiger partial charge in [-0.25, -0.2) is 0 Å². The Labute approximate surface area is 146 Å². The Balaban J connectivity index is 1.96. The van der Waals surface area contributed by atoms with Gasteiger partial charge in [0, 0.05) is 29.9 Å². The van der Waals surface area contributed by atoms with Crippen molar-refractivity contribution in [1.82, 2.24) is 10.2 Å². The lowest BCUT2D eigenvalue weighted by atomic mass is 10.0. The molecule has 1 aliphatic heterocycles. The maximum Gasteiger partial charge on any atom is 0.261 e. The lowest BCUT2D eigenvalue weighted by molar-refractivity contribution is -0.0292. The molecule has 6 heteroatoms. The summed E-state index contributed by atoms with van der Waals surface area (Å²) in [6, 6.07) is 8.09. The summed E-state index contributed by atoms with van der Waals surface area (Å²) in [6.45, 7) is 5.88. The van der Waals surface area contributed by atoms with E-state index in [1.807, 2.05) is 18.2 Å². The lowest BCUT2D eigenvalue weighted by Crippen LogP contribution is -2.39. The van der Waals surface area contributed by atoms with Gasteiger partial charge in [0.05, 0.1) is 24.2 Å². The first-order chi connectivity index (χ1) is 11.7. The van der Waals surface area contributed by atoms with E-state index >= 15 is 0 Å². The van der Waals surface area contributed by atoms with Crippen LogP contribution in [0.5, 0.6) is 0 Å². The lowest BCUT2D eigenvalue weighted by Gasteiger charge is -2.33. The molecule has 1 atom stereocenters. The summed E-state index contributed by atoms with van der Waals surface area (Å²) in [5.41, 5.74) is 0.992. The van der Waals surface area contributed by atoms with Gasteiger partial charge in [-0.05, 0) is 24.4 Å². The van der Waals surface area contributed by atoms with Crippen LogP contribution < -0.4 is 5.32 Å². The van der Waals surface area contributed by atoms with Gasteiger partial charge in [-0.2, -0.15) is 0 Å². The SMILES string of the molecule is CCCN1CCOC(c2c(C(=O)NCCO)sc3ccccc23)C1. The predicted molar refractivity (Wildman–Crippen MR) is 96.7 cm³/mol. The Bertz CT molecular complexity index is 699. The number of nitrogens with one attached hydrogen (secondary N) is 1. The second kappa shape index (κ2) is 8.07. The van der Waals surface area contributed by atoms with Crippen LogP contribution in [0.15, 0.2) is 24.3 Å². The molecule has 130 valence electrons. The van der Waals surface area contributed by atoms with Crippen LogP contribution in [0.2, 0.25) is 0 Å². The fourth-order valence-corrected chi connectivity index (χ4v) is 4.37. The predicted octanol–water partition coefficient (Wildman–Crippen LogP) is 2.41. The highest BCUT2D eigenvalue weighted by Gasteiger charge is 2.29. The number of amides is 1. The van der Waals surface area contributed by atoms with Crippen molar-refractivity contribution in [3.8, 4) is 0 Å². The highest BCUT2D eigenvalue weighted by molar-refractivity contribution is 7.21. The topological polar surface area (TPSA) is 61.8 Å². The number of hydrogen-bond donors (Lipinski definition) is 2. The van der Waals surface area contributed by atoms with Crippen molar-refractivity contribution in [3.63, 3.8) is 0 Å². The Kier molecular flexibility index (Phi) is 5.84. The van der Waals surface area contributed by atoms with E-state index < -0.39 is 0 Å². The van der Waals surface area contributed by atoms with Gasteiger partial charge in [-0.1, -0.05) is 25.1 Å². The van der Waals surface area contributed by atoms with Crippen LogP contribution >= 0.6 is 11.3 Å². The second-order valence-corrected chi connectivity index (χ2v) is 7.03. The van der Waals surface area contributed by atoms with Gasteiger partial charge in [0.1, 0.15) is 0 Å². The molecule has 0 bridgehead atoms. The maximum atomic E-state index is 12.6. The molecule has 1 aliphatic rings. The summed E-state index contributed by atoms with van der Waals surface area (Å²) in [6.07, 6.45) is 1.03. The number of thiophene rings is 1. The fraction of sp³-hybridized carbons (Fsp3) is 0.500. The molecule has 0 spiro atoms. The minimum Gasteiger partial charge on any atom is -0.395 e. The second-order valence-electron chi connectivity index (χ2n) is 5.98. The first-order valence-electron chi connectivity index (χ1n) is 8.49. The standard InChI is InChI=1S/C18H24N2O3S/c1-2-8-20-9-11-23-14(12-20)16-13-5-3-4-6-15(13)24-17(16)18(22)19-7-10-21/h3-6,14,21H,2,7-12H2,1H3,(H,19,22). The molecule has 1 aromatic carbocycles. The average molecular weight is 348 g/mol. The van der Waals surface area contributed by atoms with Crippen molar-refractivity contribution in [2.75, 3.05) is 39.4 Å². The van der Waals surface area contributed by atoms with Crippen molar-refractivity contribution in [3.05, 3.63) is 34.7 Å². The van der Waals surface area contributed by atoms with Crippen LogP contribution in [0, 0.1) is 0 Å². The summed E-state index contributed by atoms with van der Waals surface area (Å²) < 4.78 is 7.13. The van der Waals surface area contributed by atoms with Gasteiger partial charge < -0.3 is 15.2 Å². The molecule has 0 radical (unpaired) electrons. The minimum absolute atomic E-state index is 0.0594. The number of benzene rings is 1. The third kappa shape index (κ3) is 3.62. The molecule has 24 heavy (non-hydrogen) atoms. The number of aliphatic hydroxyl groups excluding tert-OH is 1. The quantitative estimate of drug-likeness (QED) is 0.842. The Morgan fingerprint density at radius 3 is 3.08 bits per heavy atom. The van der Waals surface area contributed by atoms with E-state index in [2.05, 4.69) is 23.2 Å².